The van der Waals surface area contributed by atoms with Crippen LogP contribution in [0.3, 0.4) is 0 Å². The van der Waals surface area contributed by atoms with Gasteiger partial charge in [-0.15, -0.1) is 0 Å². The van der Waals surface area contributed by atoms with E-state index in [-0.39, 0.29) is 22.1 Å². The number of imidazole rings is 1. The summed E-state index contributed by atoms with van der Waals surface area (Å²) >= 11 is 0. The van der Waals surface area contributed by atoms with Crippen molar-refractivity contribution in [3.63, 3.8) is 0 Å². The second-order valence-electron chi connectivity index (χ2n) is 13.0. The minimum absolute atomic E-state index is 0.0528. The number of hydrogen-bond donors (Lipinski definition) is 1. The van der Waals surface area contributed by atoms with Gasteiger partial charge in [0, 0.05) is 39.1 Å². The molecule has 2 aliphatic heterocycles. The van der Waals surface area contributed by atoms with Crippen LogP contribution < -0.4 is 4.74 Å². The summed E-state index contributed by atoms with van der Waals surface area (Å²) in [5, 5.41) is 0. The Bertz CT molecular complexity index is 1670. The predicted molar refractivity (Wildman–Crippen MR) is 168 cm³/mol. The summed E-state index contributed by atoms with van der Waals surface area (Å²) in [5.41, 5.74) is 3.19. The Hall–Kier alpha value is -3.44. The Morgan fingerprint density at radius 3 is 2.18 bits per heavy atom. The van der Waals surface area contributed by atoms with Crippen molar-refractivity contribution in [2.45, 2.75) is 70.2 Å². The Labute approximate surface area is 259 Å². The number of nitrogens with one attached hydrogen (secondary N) is 1. The molecule has 6 rings (SSSR count). The van der Waals surface area contributed by atoms with E-state index in [1.165, 1.54) is 4.31 Å². The number of sulfonamides is 1. The molecule has 1 spiro atoms. The highest BCUT2D eigenvalue weighted by Crippen LogP contribution is 2.43. The normalized spacial score (nSPS) is 19.5. The van der Waals surface area contributed by atoms with E-state index in [1.807, 2.05) is 17.0 Å². The third-order valence-electron chi connectivity index (χ3n) is 10.2. The number of aryl methyl sites for hydroxylation is 2. The van der Waals surface area contributed by atoms with Gasteiger partial charge in [0.25, 0.3) is 5.91 Å². The number of nitrogens with zero attached hydrogens (tertiary/aromatic N) is 4. The van der Waals surface area contributed by atoms with Crippen LogP contribution in [0.5, 0.6) is 5.75 Å². The maximum Gasteiger partial charge on any atom is 0.256 e. The summed E-state index contributed by atoms with van der Waals surface area (Å²) < 4.78 is 34.2. The molecule has 0 bridgehead atoms. The molecule has 2 aromatic carbocycles. The van der Waals surface area contributed by atoms with Crippen LogP contribution >= 0.6 is 0 Å². The monoisotopic (exact) mass is 621 g/mol. The van der Waals surface area contributed by atoms with Gasteiger partial charge in [-0.25, -0.2) is 13.4 Å². The minimum atomic E-state index is -3.86. The van der Waals surface area contributed by atoms with Crippen LogP contribution in [-0.2, 0) is 14.8 Å². The van der Waals surface area contributed by atoms with Crippen molar-refractivity contribution in [2.75, 3.05) is 40.3 Å². The number of amides is 2. The summed E-state index contributed by atoms with van der Waals surface area (Å²) in [6, 6.07) is 8.34. The second-order valence-corrected chi connectivity index (χ2v) is 14.9. The number of rotatable bonds is 7. The Morgan fingerprint density at radius 2 is 1.61 bits per heavy atom. The SMILES string of the molecule is COc1cc(C)c(S(=O)(=O)N(C)C(C)c2nc3c(C(=O)N4CCC5(CC4)CCN(C(=O)C4CC4)CC5)cccc3[nH]2)c(C)c1. The lowest BCUT2D eigenvalue weighted by Crippen LogP contribution is -2.49. The van der Waals surface area contributed by atoms with Gasteiger partial charge in [0.2, 0.25) is 15.9 Å². The first-order valence-corrected chi connectivity index (χ1v) is 17.1. The highest BCUT2D eigenvalue weighted by molar-refractivity contribution is 7.89. The lowest BCUT2D eigenvalue weighted by Gasteiger charge is -2.47. The van der Waals surface area contributed by atoms with E-state index >= 15 is 0 Å². The highest BCUT2D eigenvalue weighted by atomic mass is 32.2. The Morgan fingerprint density at radius 1 is 1.02 bits per heavy atom. The number of piperidine rings is 2. The number of ether oxygens (including phenoxy) is 1. The van der Waals surface area contributed by atoms with Crippen LogP contribution in [0.2, 0.25) is 0 Å². The van der Waals surface area contributed by atoms with Gasteiger partial charge in [-0.1, -0.05) is 6.07 Å². The van der Waals surface area contributed by atoms with Gasteiger partial charge >= 0.3 is 0 Å². The van der Waals surface area contributed by atoms with Crippen molar-refractivity contribution in [1.29, 1.82) is 0 Å². The van der Waals surface area contributed by atoms with Crippen molar-refractivity contribution < 1.29 is 22.7 Å². The number of benzene rings is 2. The fourth-order valence-electron chi connectivity index (χ4n) is 7.03. The molecule has 1 aliphatic carbocycles. The first-order chi connectivity index (χ1) is 20.9. The van der Waals surface area contributed by atoms with Crippen molar-refractivity contribution >= 4 is 32.9 Å². The zero-order valence-electron chi connectivity index (χ0n) is 26.4. The largest absolute Gasteiger partial charge is 0.497 e. The predicted octanol–water partition coefficient (Wildman–Crippen LogP) is 4.82. The van der Waals surface area contributed by atoms with Crippen molar-refractivity contribution in [3.8, 4) is 5.75 Å². The number of aromatic amines is 1. The van der Waals surface area contributed by atoms with Gasteiger partial charge in [-0.3, -0.25) is 9.59 Å². The average molecular weight is 622 g/mol. The smallest absolute Gasteiger partial charge is 0.256 e. The third-order valence-corrected chi connectivity index (χ3v) is 12.4. The number of hydrogen-bond acceptors (Lipinski definition) is 6. The number of aromatic nitrogens is 2. The van der Waals surface area contributed by atoms with Gasteiger partial charge in [0.1, 0.15) is 17.1 Å². The van der Waals surface area contributed by atoms with Gasteiger partial charge in [0.05, 0.1) is 29.1 Å². The number of para-hydroxylation sites is 1. The van der Waals surface area contributed by atoms with E-state index in [9.17, 15) is 18.0 Å². The van der Waals surface area contributed by atoms with Crippen molar-refractivity contribution in [2.24, 2.45) is 11.3 Å². The van der Waals surface area contributed by atoms with Crippen LogP contribution in [0.4, 0.5) is 0 Å². The van der Waals surface area contributed by atoms with E-state index in [1.54, 1.807) is 53.1 Å². The molecule has 1 saturated carbocycles. The lowest BCUT2D eigenvalue weighted by molar-refractivity contribution is -0.135. The molecule has 3 aromatic rings. The molecule has 236 valence electrons. The molecule has 3 heterocycles. The van der Waals surface area contributed by atoms with Gasteiger partial charge in [0.15, 0.2) is 0 Å². The lowest BCUT2D eigenvalue weighted by atomic mass is 9.71. The van der Waals surface area contributed by atoms with Gasteiger partial charge in [-0.2, -0.15) is 4.31 Å². The molecule has 1 N–H and O–H groups in total. The van der Waals surface area contributed by atoms with Crippen molar-refractivity contribution in [3.05, 3.63) is 52.8 Å². The number of fused-ring (bicyclic) bond motifs is 1. The van der Waals surface area contributed by atoms with E-state index in [0.717, 1.165) is 51.6 Å². The number of likely N-dealkylation sites (tertiary alicyclic amines) is 2. The summed E-state index contributed by atoms with van der Waals surface area (Å²) in [7, 11) is -0.744. The zero-order valence-corrected chi connectivity index (χ0v) is 27.2. The van der Waals surface area contributed by atoms with Gasteiger partial charge in [-0.05, 0) is 100 Å². The van der Waals surface area contributed by atoms with Crippen molar-refractivity contribution in [1.82, 2.24) is 24.1 Å². The third kappa shape index (κ3) is 5.49. The Kier molecular flexibility index (Phi) is 7.98. The molecule has 11 heteroatoms. The standard InChI is InChI=1S/C33H43N5O5S/c1-21-19-25(43-5)20-22(2)29(21)44(41,42)36(4)23(3)30-34-27-8-6-7-26(28(27)35-30)32(40)38-17-13-33(14-18-38)11-15-37(16-12-33)31(39)24-9-10-24/h6-8,19-20,23-24H,9-18H2,1-5H3,(H,34,35). The molecule has 1 aromatic heterocycles. The van der Waals surface area contributed by atoms with E-state index in [0.29, 0.717) is 58.3 Å². The Balaban J connectivity index is 1.16. The average Bonchev–Trinajstić information content (AvgIpc) is 3.77. The molecule has 1 atom stereocenters. The molecular weight excluding hydrogens is 578 g/mol. The highest BCUT2D eigenvalue weighted by Gasteiger charge is 2.42. The first-order valence-electron chi connectivity index (χ1n) is 15.6. The van der Waals surface area contributed by atoms with Crippen LogP contribution in [0, 0.1) is 25.2 Å². The number of methoxy groups -OCH3 is 1. The molecule has 3 aliphatic rings. The minimum Gasteiger partial charge on any atom is -0.497 e. The summed E-state index contributed by atoms with van der Waals surface area (Å²) in [4.78, 5) is 38.6. The zero-order chi connectivity index (χ0) is 31.4. The molecule has 10 nitrogen and oxygen atoms in total. The fraction of sp³-hybridized carbons (Fsp3) is 0.545. The molecule has 0 radical (unpaired) electrons. The number of H-pyrrole nitrogens is 1. The number of carbonyl (C=O) groups excluding carboxylic acids is 2. The summed E-state index contributed by atoms with van der Waals surface area (Å²) in [6.45, 7) is 8.35. The summed E-state index contributed by atoms with van der Waals surface area (Å²) in [6.07, 6.45) is 5.98. The molecular formula is C33H43N5O5S. The van der Waals surface area contributed by atoms with Crippen LogP contribution in [0.25, 0.3) is 11.0 Å². The fourth-order valence-corrected chi connectivity index (χ4v) is 8.76. The van der Waals surface area contributed by atoms with E-state index < -0.39 is 16.1 Å². The maximum absolute atomic E-state index is 13.8. The first kappa shape index (κ1) is 30.6. The molecule has 2 saturated heterocycles. The quantitative estimate of drug-likeness (QED) is 0.404. The van der Waals surface area contributed by atoms with Crippen LogP contribution in [0.1, 0.15) is 78.8 Å². The summed E-state index contributed by atoms with van der Waals surface area (Å²) in [5.74, 6) is 1.63. The van der Waals surface area contributed by atoms with Crippen LogP contribution in [0.15, 0.2) is 35.2 Å². The molecule has 44 heavy (non-hydrogen) atoms. The second kappa shape index (κ2) is 11.5. The maximum atomic E-state index is 13.8. The van der Waals surface area contributed by atoms with Crippen LogP contribution in [-0.4, -0.2) is 84.6 Å². The molecule has 3 fully saturated rings. The number of carbonyl (C=O) groups is 2. The van der Waals surface area contributed by atoms with E-state index in [2.05, 4.69) is 9.88 Å². The van der Waals surface area contributed by atoms with E-state index in [4.69, 9.17) is 9.72 Å². The molecule has 2 amide bonds. The topological polar surface area (TPSA) is 116 Å². The van der Waals surface area contributed by atoms with Gasteiger partial charge < -0.3 is 19.5 Å². The molecule has 1 unspecified atom stereocenters.